The molecule has 3 heterocycles. The third-order valence-corrected chi connectivity index (χ3v) is 7.03. The van der Waals surface area contributed by atoms with Gasteiger partial charge < -0.3 is 20.3 Å². The number of carbonyl (C=O) groups excluding carboxylic acids is 2. The fraction of sp³-hybridized carbons (Fsp3) is 0.240. The number of likely N-dealkylation sites (tertiary alicyclic amines) is 1. The Hall–Kier alpha value is -3.83. The number of primary amides is 1. The molecule has 2 aliphatic heterocycles. The Balaban J connectivity index is 1.37. The van der Waals surface area contributed by atoms with E-state index >= 15 is 0 Å². The molecule has 0 saturated carbocycles. The first-order valence-corrected chi connectivity index (χ1v) is 11.5. The number of rotatable bonds is 5. The molecule has 2 fully saturated rings. The minimum Gasteiger partial charge on any atom is -0.457 e. The van der Waals surface area contributed by atoms with Crippen molar-refractivity contribution in [1.82, 2.24) is 9.88 Å². The van der Waals surface area contributed by atoms with Crippen LogP contribution in [0.2, 0.25) is 0 Å². The van der Waals surface area contributed by atoms with Gasteiger partial charge in [-0.3, -0.25) is 9.59 Å². The summed E-state index contributed by atoms with van der Waals surface area (Å²) in [4.78, 5) is 33.6. The second-order valence-corrected chi connectivity index (χ2v) is 8.98. The standard InChI is InChI=1S/C25H22N4O3S/c1-2-6-21(30)28-14-18-13-17(28)15-29(18)25-27-22(23(33-25)24(26)31)16-9-11-20(12-10-16)32-19-7-4-3-5-8-19/h3-5,7-12,17-18H,13-15H2,1H3,(H2,26,31)/t17-,18+/m0/s1. The number of hydrogen-bond donors (Lipinski definition) is 1. The monoisotopic (exact) mass is 458 g/mol. The Bertz CT molecular complexity index is 1260. The zero-order valence-electron chi connectivity index (χ0n) is 18.0. The van der Waals surface area contributed by atoms with Crippen molar-refractivity contribution < 1.29 is 14.3 Å². The van der Waals surface area contributed by atoms with Gasteiger partial charge in [0.05, 0.1) is 17.8 Å². The molecule has 2 atom stereocenters. The maximum absolute atomic E-state index is 12.2. The van der Waals surface area contributed by atoms with Gasteiger partial charge in [-0.05, 0) is 55.7 Å². The van der Waals surface area contributed by atoms with E-state index in [1.54, 1.807) is 6.92 Å². The first-order valence-electron chi connectivity index (χ1n) is 10.7. The van der Waals surface area contributed by atoms with Gasteiger partial charge in [0.15, 0.2) is 5.13 Å². The van der Waals surface area contributed by atoms with Crippen LogP contribution in [0.4, 0.5) is 5.13 Å². The van der Waals surface area contributed by atoms with E-state index in [2.05, 4.69) is 16.7 Å². The molecule has 7 nitrogen and oxygen atoms in total. The first-order chi connectivity index (χ1) is 16.0. The van der Waals surface area contributed by atoms with E-state index in [9.17, 15) is 9.59 Å². The molecule has 1 aromatic heterocycles. The van der Waals surface area contributed by atoms with Crippen LogP contribution in [0, 0.1) is 11.8 Å². The molecule has 166 valence electrons. The Labute approximate surface area is 195 Å². The van der Waals surface area contributed by atoms with Crippen molar-refractivity contribution in [2.24, 2.45) is 5.73 Å². The van der Waals surface area contributed by atoms with Gasteiger partial charge in [-0.2, -0.15) is 0 Å². The van der Waals surface area contributed by atoms with Crippen molar-refractivity contribution in [1.29, 1.82) is 0 Å². The van der Waals surface area contributed by atoms with E-state index < -0.39 is 5.91 Å². The van der Waals surface area contributed by atoms with Gasteiger partial charge in [0.25, 0.3) is 11.8 Å². The SMILES string of the molecule is CC#CC(=O)N1C[C@H]2C[C@H]1CN2c1nc(-c2ccc(Oc3ccccc3)cc2)c(C(N)=O)s1. The summed E-state index contributed by atoms with van der Waals surface area (Å²) in [5, 5.41) is 0.754. The van der Waals surface area contributed by atoms with Crippen molar-refractivity contribution in [3.8, 4) is 34.6 Å². The molecule has 2 bridgehead atoms. The Morgan fingerprint density at radius 2 is 1.79 bits per heavy atom. The number of fused-ring (bicyclic) bond motifs is 2. The van der Waals surface area contributed by atoms with Gasteiger partial charge in [0.2, 0.25) is 0 Å². The number of ether oxygens (including phenoxy) is 1. The molecule has 0 radical (unpaired) electrons. The molecular weight excluding hydrogens is 436 g/mol. The van der Waals surface area contributed by atoms with Crippen LogP contribution in [0.1, 0.15) is 23.0 Å². The third-order valence-electron chi connectivity index (χ3n) is 5.93. The molecule has 0 spiro atoms. The van der Waals surface area contributed by atoms with Gasteiger partial charge in [-0.25, -0.2) is 4.98 Å². The van der Waals surface area contributed by atoms with Crippen LogP contribution < -0.4 is 15.4 Å². The van der Waals surface area contributed by atoms with E-state index in [0.29, 0.717) is 29.4 Å². The minimum absolute atomic E-state index is 0.113. The molecule has 0 aliphatic carbocycles. The van der Waals surface area contributed by atoms with Crippen LogP contribution in [-0.4, -0.2) is 46.9 Å². The van der Waals surface area contributed by atoms with E-state index in [1.807, 2.05) is 59.5 Å². The average Bonchev–Trinajstić information content (AvgIpc) is 3.54. The summed E-state index contributed by atoms with van der Waals surface area (Å²) in [7, 11) is 0. The Morgan fingerprint density at radius 3 is 2.42 bits per heavy atom. The number of hydrogen-bond acceptors (Lipinski definition) is 6. The number of nitrogens with zero attached hydrogens (tertiary/aromatic N) is 3. The van der Waals surface area contributed by atoms with Crippen molar-refractivity contribution in [3.63, 3.8) is 0 Å². The highest BCUT2D eigenvalue weighted by molar-refractivity contribution is 7.18. The second-order valence-electron chi connectivity index (χ2n) is 8.01. The number of para-hydroxylation sites is 1. The number of thiazole rings is 1. The van der Waals surface area contributed by atoms with Crippen LogP contribution >= 0.6 is 11.3 Å². The van der Waals surface area contributed by atoms with Crippen molar-refractivity contribution in [2.45, 2.75) is 25.4 Å². The van der Waals surface area contributed by atoms with Crippen LogP contribution in [0.3, 0.4) is 0 Å². The van der Waals surface area contributed by atoms with Crippen molar-refractivity contribution >= 4 is 28.3 Å². The van der Waals surface area contributed by atoms with E-state index in [4.69, 9.17) is 15.5 Å². The Kier molecular flexibility index (Phi) is 5.48. The summed E-state index contributed by atoms with van der Waals surface area (Å²) in [5.41, 5.74) is 7.06. The highest BCUT2D eigenvalue weighted by Crippen LogP contribution is 2.40. The third kappa shape index (κ3) is 4.03. The summed E-state index contributed by atoms with van der Waals surface area (Å²) >= 11 is 1.30. The summed E-state index contributed by atoms with van der Waals surface area (Å²) in [6.07, 6.45) is 0.878. The molecule has 8 heteroatoms. The fourth-order valence-corrected chi connectivity index (χ4v) is 5.45. The Morgan fingerprint density at radius 1 is 1.06 bits per heavy atom. The van der Waals surface area contributed by atoms with Crippen LogP contribution in [-0.2, 0) is 4.79 Å². The topological polar surface area (TPSA) is 88.8 Å². The predicted molar refractivity (Wildman–Crippen MR) is 127 cm³/mol. The van der Waals surface area contributed by atoms with Crippen LogP contribution in [0.15, 0.2) is 54.6 Å². The number of amides is 2. The number of carbonyl (C=O) groups is 2. The minimum atomic E-state index is -0.502. The molecule has 2 saturated heterocycles. The molecule has 2 amide bonds. The number of aromatic nitrogens is 1. The lowest BCUT2D eigenvalue weighted by atomic mass is 10.1. The lowest BCUT2D eigenvalue weighted by Gasteiger charge is -2.33. The molecule has 2 N–H and O–H groups in total. The van der Waals surface area contributed by atoms with Gasteiger partial charge in [0.1, 0.15) is 16.4 Å². The van der Waals surface area contributed by atoms with E-state index in [-0.39, 0.29) is 18.0 Å². The summed E-state index contributed by atoms with van der Waals surface area (Å²) in [5.74, 6) is 6.13. The summed E-state index contributed by atoms with van der Waals surface area (Å²) in [6.45, 7) is 2.96. The van der Waals surface area contributed by atoms with Gasteiger partial charge in [-0.15, -0.1) is 0 Å². The smallest absolute Gasteiger partial charge is 0.298 e. The molecule has 33 heavy (non-hydrogen) atoms. The highest BCUT2D eigenvalue weighted by atomic mass is 32.1. The number of piperazine rings is 1. The molecule has 3 aromatic rings. The zero-order chi connectivity index (χ0) is 22.9. The highest BCUT2D eigenvalue weighted by Gasteiger charge is 2.46. The molecular formula is C25H22N4O3S. The largest absolute Gasteiger partial charge is 0.457 e. The predicted octanol–water partition coefficient (Wildman–Crippen LogP) is 3.51. The lowest BCUT2D eigenvalue weighted by molar-refractivity contribution is -0.126. The molecule has 0 unspecified atom stereocenters. The average molecular weight is 459 g/mol. The first kappa shape index (κ1) is 21.0. The lowest BCUT2D eigenvalue weighted by Crippen LogP contribution is -2.48. The van der Waals surface area contributed by atoms with E-state index in [1.165, 1.54) is 11.3 Å². The van der Waals surface area contributed by atoms with Crippen molar-refractivity contribution in [3.05, 3.63) is 59.5 Å². The van der Waals surface area contributed by atoms with E-state index in [0.717, 1.165) is 22.9 Å². The quantitative estimate of drug-likeness (QED) is 0.591. The van der Waals surface area contributed by atoms with Crippen LogP contribution in [0.25, 0.3) is 11.3 Å². The second kappa shape index (κ2) is 8.60. The normalized spacial score (nSPS) is 18.7. The molecule has 2 aliphatic rings. The number of benzene rings is 2. The van der Waals surface area contributed by atoms with Gasteiger partial charge in [0, 0.05) is 18.7 Å². The maximum atomic E-state index is 12.2. The maximum Gasteiger partial charge on any atom is 0.298 e. The number of anilines is 1. The summed E-state index contributed by atoms with van der Waals surface area (Å²) in [6, 6.07) is 17.3. The van der Waals surface area contributed by atoms with Crippen molar-refractivity contribution in [2.75, 3.05) is 18.0 Å². The molecule has 5 rings (SSSR count). The molecule has 2 aromatic carbocycles. The number of nitrogens with two attached hydrogens (primary N) is 1. The fourth-order valence-electron chi connectivity index (χ4n) is 4.43. The van der Waals surface area contributed by atoms with Gasteiger partial charge >= 0.3 is 0 Å². The van der Waals surface area contributed by atoms with Gasteiger partial charge in [-0.1, -0.05) is 35.5 Å². The van der Waals surface area contributed by atoms with Crippen LogP contribution in [0.5, 0.6) is 11.5 Å². The zero-order valence-corrected chi connectivity index (χ0v) is 18.8. The summed E-state index contributed by atoms with van der Waals surface area (Å²) < 4.78 is 5.85.